The highest BCUT2D eigenvalue weighted by Gasteiger charge is 2.44. The van der Waals surface area contributed by atoms with Crippen LogP contribution in [0, 0.1) is 0 Å². The largest absolute Gasteiger partial charge is 0.393 e. The smallest absolute Gasteiger partial charge is 0.291 e. The lowest BCUT2D eigenvalue weighted by Gasteiger charge is -2.46. The van der Waals surface area contributed by atoms with E-state index in [1.165, 1.54) is 0 Å². The highest BCUT2D eigenvalue weighted by atomic mass is 32.1. The molecule has 0 spiro atoms. The third kappa shape index (κ3) is 2.89. The summed E-state index contributed by atoms with van der Waals surface area (Å²) in [6, 6.07) is 9.92. The van der Waals surface area contributed by atoms with Crippen molar-refractivity contribution in [3.63, 3.8) is 0 Å². The second-order valence-electron chi connectivity index (χ2n) is 5.31. The molecule has 1 saturated carbocycles. The maximum absolute atomic E-state index is 12.5. The van der Waals surface area contributed by atoms with Crippen molar-refractivity contribution >= 4 is 16.5 Å². The number of alkyl halides is 2. The molecule has 0 atom stereocenters. The summed E-state index contributed by atoms with van der Waals surface area (Å²) < 4.78 is 25.0. The van der Waals surface area contributed by atoms with E-state index in [2.05, 4.69) is 15.5 Å². The van der Waals surface area contributed by atoms with Crippen molar-refractivity contribution in [3.8, 4) is 0 Å². The standard InChI is InChI=1S/C14H15F2N3OS/c15-11(16)12-18-19-13(21-12)17-8-14(6-10(20)7-14)9-4-2-1-3-5-9/h1-5,10-11,20H,6-8H2,(H,17,19). The van der Waals surface area contributed by atoms with Crippen LogP contribution in [0.3, 0.4) is 0 Å². The Morgan fingerprint density at radius 2 is 2.00 bits per heavy atom. The Labute approximate surface area is 124 Å². The summed E-state index contributed by atoms with van der Waals surface area (Å²) >= 11 is 0.866. The van der Waals surface area contributed by atoms with Crippen molar-refractivity contribution < 1.29 is 13.9 Å². The van der Waals surface area contributed by atoms with Gasteiger partial charge in [0.2, 0.25) is 5.13 Å². The van der Waals surface area contributed by atoms with Crippen molar-refractivity contribution in [3.05, 3.63) is 40.9 Å². The zero-order chi connectivity index (χ0) is 14.9. The molecule has 0 aliphatic heterocycles. The molecular weight excluding hydrogens is 296 g/mol. The summed E-state index contributed by atoms with van der Waals surface area (Å²) in [6.07, 6.45) is -1.58. The van der Waals surface area contributed by atoms with Gasteiger partial charge in [-0.25, -0.2) is 8.78 Å². The minimum atomic E-state index is -2.59. The van der Waals surface area contributed by atoms with E-state index in [-0.39, 0.29) is 16.5 Å². The second-order valence-corrected chi connectivity index (χ2v) is 6.32. The molecule has 0 unspecified atom stereocenters. The first-order valence-electron chi connectivity index (χ1n) is 6.68. The van der Waals surface area contributed by atoms with Crippen LogP contribution in [0.1, 0.15) is 29.8 Å². The summed E-state index contributed by atoms with van der Waals surface area (Å²) in [4.78, 5) is 0. The second kappa shape index (κ2) is 5.65. The lowest BCUT2D eigenvalue weighted by molar-refractivity contribution is 0.0242. The normalized spacial score (nSPS) is 24.9. The number of anilines is 1. The molecule has 1 aliphatic rings. The predicted octanol–water partition coefficient (Wildman–Crippen LogP) is 2.98. The SMILES string of the molecule is OC1CC(CNc2nnc(C(F)F)s2)(c2ccccc2)C1. The number of aliphatic hydroxyl groups is 1. The van der Waals surface area contributed by atoms with Crippen LogP contribution in [0.4, 0.5) is 13.9 Å². The Morgan fingerprint density at radius 3 is 2.57 bits per heavy atom. The minimum absolute atomic E-state index is 0.169. The Kier molecular flexibility index (Phi) is 3.86. The Bertz CT molecular complexity index is 599. The van der Waals surface area contributed by atoms with Gasteiger partial charge in [-0.2, -0.15) is 0 Å². The van der Waals surface area contributed by atoms with Crippen LogP contribution in [0.2, 0.25) is 0 Å². The van der Waals surface area contributed by atoms with E-state index in [0.29, 0.717) is 24.5 Å². The van der Waals surface area contributed by atoms with Crippen LogP contribution in [0.25, 0.3) is 0 Å². The molecule has 3 rings (SSSR count). The number of rotatable bonds is 5. The molecule has 112 valence electrons. The Morgan fingerprint density at radius 1 is 1.29 bits per heavy atom. The van der Waals surface area contributed by atoms with E-state index in [0.717, 1.165) is 16.9 Å². The van der Waals surface area contributed by atoms with Crippen LogP contribution < -0.4 is 5.32 Å². The van der Waals surface area contributed by atoms with E-state index in [4.69, 9.17) is 0 Å². The van der Waals surface area contributed by atoms with Crippen LogP contribution >= 0.6 is 11.3 Å². The van der Waals surface area contributed by atoms with Crippen molar-refractivity contribution in [2.45, 2.75) is 30.8 Å². The van der Waals surface area contributed by atoms with Crippen LogP contribution in [0.5, 0.6) is 0 Å². The van der Waals surface area contributed by atoms with Gasteiger partial charge < -0.3 is 10.4 Å². The fraction of sp³-hybridized carbons (Fsp3) is 0.429. The molecule has 4 nitrogen and oxygen atoms in total. The lowest BCUT2D eigenvalue weighted by atomic mass is 9.62. The molecule has 21 heavy (non-hydrogen) atoms. The van der Waals surface area contributed by atoms with Gasteiger partial charge in [0.25, 0.3) is 6.43 Å². The van der Waals surface area contributed by atoms with Gasteiger partial charge in [-0.1, -0.05) is 41.7 Å². The number of aliphatic hydroxyl groups excluding tert-OH is 1. The van der Waals surface area contributed by atoms with Gasteiger partial charge in [0.15, 0.2) is 5.01 Å². The number of nitrogens with zero attached hydrogens (tertiary/aromatic N) is 2. The van der Waals surface area contributed by atoms with Gasteiger partial charge in [-0.15, -0.1) is 10.2 Å². The van der Waals surface area contributed by atoms with Crippen molar-refractivity contribution in [1.82, 2.24) is 10.2 Å². The summed E-state index contributed by atoms with van der Waals surface area (Å²) in [7, 11) is 0. The van der Waals surface area contributed by atoms with Crippen molar-refractivity contribution in [2.24, 2.45) is 0 Å². The molecule has 1 aromatic carbocycles. The van der Waals surface area contributed by atoms with Crippen LogP contribution in [-0.4, -0.2) is 28.0 Å². The molecule has 0 amide bonds. The van der Waals surface area contributed by atoms with Gasteiger partial charge >= 0.3 is 0 Å². The number of benzene rings is 1. The van der Waals surface area contributed by atoms with E-state index in [1.54, 1.807) is 0 Å². The van der Waals surface area contributed by atoms with Crippen molar-refractivity contribution in [1.29, 1.82) is 0 Å². The highest BCUT2D eigenvalue weighted by molar-refractivity contribution is 7.15. The third-order valence-corrected chi connectivity index (χ3v) is 4.73. The van der Waals surface area contributed by atoms with Gasteiger partial charge in [-0.3, -0.25) is 0 Å². The van der Waals surface area contributed by atoms with E-state index < -0.39 is 6.43 Å². The molecule has 7 heteroatoms. The molecule has 1 aliphatic carbocycles. The van der Waals surface area contributed by atoms with Gasteiger partial charge in [0.05, 0.1) is 6.10 Å². The lowest BCUT2D eigenvalue weighted by Crippen LogP contribution is -2.49. The topological polar surface area (TPSA) is 58.0 Å². The fourth-order valence-corrected chi connectivity index (χ4v) is 3.35. The van der Waals surface area contributed by atoms with Gasteiger partial charge in [0.1, 0.15) is 0 Å². The summed E-state index contributed by atoms with van der Waals surface area (Å²) in [5, 5.41) is 20.0. The highest BCUT2D eigenvalue weighted by Crippen LogP contribution is 2.44. The number of halogens is 2. The molecular formula is C14H15F2N3OS. The number of hydrogen-bond donors (Lipinski definition) is 2. The average Bonchev–Trinajstić information content (AvgIpc) is 2.92. The number of nitrogens with one attached hydrogen (secondary N) is 1. The third-order valence-electron chi connectivity index (χ3n) is 3.84. The van der Waals surface area contributed by atoms with Gasteiger partial charge in [-0.05, 0) is 18.4 Å². The summed E-state index contributed by atoms with van der Waals surface area (Å²) in [5.74, 6) is 0. The number of hydrogen-bond acceptors (Lipinski definition) is 5. The van der Waals surface area contributed by atoms with E-state index >= 15 is 0 Å². The van der Waals surface area contributed by atoms with Crippen molar-refractivity contribution in [2.75, 3.05) is 11.9 Å². The molecule has 2 aromatic rings. The molecule has 1 fully saturated rings. The zero-order valence-corrected chi connectivity index (χ0v) is 12.0. The first-order valence-corrected chi connectivity index (χ1v) is 7.50. The Hall–Kier alpha value is -1.60. The summed E-state index contributed by atoms with van der Waals surface area (Å²) in [6.45, 7) is 0.548. The fourth-order valence-electron chi connectivity index (χ4n) is 2.76. The maximum Gasteiger partial charge on any atom is 0.291 e. The van der Waals surface area contributed by atoms with Gasteiger partial charge in [0, 0.05) is 12.0 Å². The zero-order valence-electron chi connectivity index (χ0n) is 11.2. The maximum atomic E-state index is 12.5. The predicted molar refractivity (Wildman–Crippen MR) is 76.7 cm³/mol. The molecule has 0 saturated heterocycles. The minimum Gasteiger partial charge on any atom is -0.393 e. The molecule has 0 bridgehead atoms. The monoisotopic (exact) mass is 311 g/mol. The quantitative estimate of drug-likeness (QED) is 0.891. The summed E-state index contributed by atoms with van der Waals surface area (Å²) in [5.41, 5.74) is 0.971. The van der Waals surface area contributed by atoms with E-state index in [9.17, 15) is 13.9 Å². The first kappa shape index (κ1) is 14.3. The van der Waals surface area contributed by atoms with Crippen LogP contribution in [-0.2, 0) is 5.41 Å². The first-order chi connectivity index (χ1) is 10.1. The molecule has 1 heterocycles. The molecule has 0 radical (unpaired) electrons. The number of aromatic nitrogens is 2. The Balaban J connectivity index is 1.71. The molecule has 1 aromatic heterocycles. The molecule has 2 N–H and O–H groups in total. The van der Waals surface area contributed by atoms with E-state index in [1.807, 2.05) is 30.3 Å². The average molecular weight is 311 g/mol. The van der Waals surface area contributed by atoms with Crippen LogP contribution in [0.15, 0.2) is 30.3 Å².